The van der Waals surface area contributed by atoms with E-state index >= 15 is 0 Å². The molecule has 0 saturated carbocycles. The maximum absolute atomic E-state index is 5.79. The summed E-state index contributed by atoms with van der Waals surface area (Å²) in [4.78, 5) is 4.91. The van der Waals surface area contributed by atoms with Gasteiger partial charge in [-0.15, -0.1) is 5.10 Å². The summed E-state index contributed by atoms with van der Waals surface area (Å²) in [6, 6.07) is 24.9. The first-order valence-electron chi connectivity index (χ1n) is 12.4. The third kappa shape index (κ3) is 5.23. The van der Waals surface area contributed by atoms with Crippen molar-refractivity contribution in [2.75, 3.05) is 0 Å². The molecule has 5 aromatic rings. The fourth-order valence-electron chi connectivity index (χ4n) is 4.32. The number of aromatic nitrogens is 7. The first kappa shape index (κ1) is 23.6. The van der Waals surface area contributed by atoms with E-state index in [-0.39, 0.29) is 0 Å². The molecule has 2 heterocycles. The van der Waals surface area contributed by atoms with E-state index in [1.54, 1.807) is 0 Å². The summed E-state index contributed by atoms with van der Waals surface area (Å²) in [5.41, 5.74) is 12.2. The van der Waals surface area contributed by atoms with Crippen molar-refractivity contribution in [3.05, 3.63) is 89.7 Å². The summed E-state index contributed by atoms with van der Waals surface area (Å²) in [5.74, 6) is 2.43. The molecule has 3 N–H and O–H groups in total. The van der Waals surface area contributed by atoms with Crippen molar-refractivity contribution in [1.29, 1.82) is 0 Å². The fraction of sp³-hybridized carbons (Fsp3) is 0.250. The van der Waals surface area contributed by atoms with Crippen LogP contribution in [0, 0.1) is 0 Å². The minimum atomic E-state index is 0.525. The number of aromatic amines is 1. The fourth-order valence-corrected chi connectivity index (χ4v) is 4.32. The van der Waals surface area contributed by atoms with Crippen LogP contribution in [0.15, 0.2) is 72.8 Å². The van der Waals surface area contributed by atoms with E-state index in [0.717, 1.165) is 57.9 Å². The number of tetrazole rings is 1. The number of H-pyrrole nitrogens is 1. The van der Waals surface area contributed by atoms with Gasteiger partial charge in [-0.25, -0.2) is 14.8 Å². The average molecular weight is 479 g/mol. The minimum Gasteiger partial charge on any atom is -0.326 e. The van der Waals surface area contributed by atoms with E-state index < -0.39 is 0 Å². The van der Waals surface area contributed by atoms with E-state index in [0.29, 0.717) is 18.9 Å². The lowest BCUT2D eigenvalue weighted by molar-refractivity contribution is 0.653. The molecule has 0 bridgehead atoms. The van der Waals surface area contributed by atoms with Crippen LogP contribution in [0.5, 0.6) is 0 Å². The quantitative estimate of drug-likeness (QED) is 0.272. The third-order valence-electron chi connectivity index (χ3n) is 6.29. The van der Waals surface area contributed by atoms with Gasteiger partial charge in [0.1, 0.15) is 0 Å². The highest BCUT2D eigenvalue weighted by Crippen LogP contribution is 2.30. The average Bonchev–Trinajstić information content (AvgIpc) is 3.60. The van der Waals surface area contributed by atoms with Crippen molar-refractivity contribution >= 4 is 0 Å². The normalized spacial score (nSPS) is 11.2. The standard InChI is InChI=1S/C28H30N8/c1-2-3-4-9-26-30-28(23-16-10-20(18-29)11-17-23)36(33-26)19-21-12-14-22(15-13-21)24-7-5-6-8-25(24)27-31-34-35-32-27/h5-8,10-17H,2-4,9,18-19,29H2,1H3,(H,31,32,34,35). The van der Waals surface area contributed by atoms with E-state index in [2.05, 4.69) is 82.1 Å². The highest BCUT2D eigenvalue weighted by atomic mass is 15.5. The topological polar surface area (TPSA) is 111 Å². The summed E-state index contributed by atoms with van der Waals surface area (Å²) >= 11 is 0. The summed E-state index contributed by atoms with van der Waals surface area (Å²) in [6.07, 6.45) is 4.35. The molecule has 8 nitrogen and oxygen atoms in total. The van der Waals surface area contributed by atoms with Crippen molar-refractivity contribution in [2.45, 2.75) is 45.7 Å². The molecule has 0 saturated heterocycles. The largest absolute Gasteiger partial charge is 0.326 e. The SMILES string of the molecule is CCCCCc1nc(-c2ccc(CN)cc2)n(Cc2ccc(-c3ccccc3-c3nnn[nH]3)cc2)n1. The number of nitrogens with two attached hydrogens (primary N) is 1. The van der Waals surface area contributed by atoms with Crippen molar-refractivity contribution in [3.8, 4) is 33.9 Å². The molecular formula is C28H30N8. The smallest absolute Gasteiger partial charge is 0.180 e. The Morgan fingerprint density at radius 3 is 2.25 bits per heavy atom. The van der Waals surface area contributed by atoms with Crippen LogP contribution < -0.4 is 5.73 Å². The Balaban J connectivity index is 1.42. The zero-order chi connectivity index (χ0) is 24.7. The van der Waals surface area contributed by atoms with Crippen molar-refractivity contribution in [1.82, 2.24) is 35.4 Å². The van der Waals surface area contributed by atoms with Gasteiger partial charge in [-0.3, -0.25) is 0 Å². The lowest BCUT2D eigenvalue weighted by Gasteiger charge is -2.10. The Bertz CT molecular complexity index is 1390. The molecule has 0 unspecified atom stereocenters. The van der Waals surface area contributed by atoms with Gasteiger partial charge in [-0.1, -0.05) is 92.6 Å². The number of benzene rings is 3. The molecule has 5 rings (SSSR count). The van der Waals surface area contributed by atoms with Crippen molar-refractivity contribution in [2.24, 2.45) is 5.73 Å². The molecular weight excluding hydrogens is 448 g/mol. The Kier molecular flexibility index (Phi) is 7.23. The summed E-state index contributed by atoms with van der Waals surface area (Å²) in [6.45, 7) is 3.38. The van der Waals surface area contributed by atoms with Gasteiger partial charge in [-0.05, 0) is 39.1 Å². The molecule has 3 aromatic carbocycles. The molecule has 8 heteroatoms. The summed E-state index contributed by atoms with van der Waals surface area (Å²) < 4.78 is 2.02. The molecule has 0 radical (unpaired) electrons. The van der Waals surface area contributed by atoms with Gasteiger partial charge >= 0.3 is 0 Å². The highest BCUT2D eigenvalue weighted by Gasteiger charge is 2.14. The zero-order valence-electron chi connectivity index (χ0n) is 20.4. The lowest BCUT2D eigenvalue weighted by atomic mass is 9.98. The number of hydrogen-bond acceptors (Lipinski definition) is 6. The zero-order valence-corrected chi connectivity index (χ0v) is 20.4. The lowest BCUT2D eigenvalue weighted by Crippen LogP contribution is -2.05. The summed E-state index contributed by atoms with van der Waals surface area (Å²) in [5, 5.41) is 19.3. The van der Waals surface area contributed by atoms with Crippen LogP contribution in [-0.2, 0) is 19.5 Å². The second-order valence-electron chi connectivity index (χ2n) is 8.86. The van der Waals surface area contributed by atoms with Gasteiger partial charge in [0.2, 0.25) is 0 Å². The molecule has 0 aliphatic carbocycles. The molecule has 0 atom stereocenters. The number of hydrogen-bond donors (Lipinski definition) is 2. The van der Waals surface area contributed by atoms with Crippen LogP contribution >= 0.6 is 0 Å². The van der Waals surface area contributed by atoms with Crippen molar-refractivity contribution in [3.63, 3.8) is 0 Å². The summed E-state index contributed by atoms with van der Waals surface area (Å²) in [7, 11) is 0. The number of nitrogens with zero attached hydrogens (tertiary/aromatic N) is 6. The maximum atomic E-state index is 5.79. The van der Waals surface area contributed by atoms with Gasteiger partial charge in [0, 0.05) is 24.1 Å². The Labute approximate surface area is 210 Å². The highest BCUT2D eigenvalue weighted by molar-refractivity contribution is 5.80. The number of aryl methyl sites for hydroxylation is 1. The monoisotopic (exact) mass is 478 g/mol. The van der Waals surface area contributed by atoms with Gasteiger partial charge in [-0.2, -0.15) is 5.10 Å². The second-order valence-corrected chi connectivity index (χ2v) is 8.86. The van der Waals surface area contributed by atoms with Gasteiger partial charge in [0.05, 0.1) is 6.54 Å². The first-order valence-corrected chi connectivity index (χ1v) is 12.4. The molecule has 182 valence electrons. The molecule has 0 aliphatic rings. The predicted octanol–water partition coefficient (Wildman–Crippen LogP) is 5.03. The van der Waals surface area contributed by atoms with Crippen LogP contribution in [0.1, 0.15) is 43.1 Å². The van der Waals surface area contributed by atoms with Crippen LogP contribution in [0.3, 0.4) is 0 Å². The van der Waals surface area contributed by atoms with E-state index in [4.69, 9.17) is 15.8 Å². The molecule has 2 aromatic heterocycles. The first-order chi connectivity index (χ1) is 17.7. The maximum Gasteiger partial charge on any atom is 0.180 e. The van der Waals surface area contributed by atoms with Crippen LogP contribution in [0.2, 0.25) is 0 Å². The van der Waals surface area contributed by atoms with E-state index in [9.17, 15) is 0 Å². The molecule has 36 heavy (non-hydrogen) atoms. The number of nitrogens with one attached hydrogen (secondary N) is 1. The second kappa shape index (κ2) is 11.0. The molecule has 0 fully saturated rings. The molecule has 0 amide bonds. The Morgan fingerprint density at radius 1 is 0.833 bits per heavy atom. The molecule has 0 aliphatic heterocycles. The predicted molar refractivity (Wildman–Crippen MR) is 141 cm³/mol. The van der Waals surface area contributed by atoms with E-state index in [1.165, 1.54) is 12.8 Å². The van der Waals surface area contributed by atoms with Crippen LogP contribution in [0.4, 0.5) is 0 Å². The Hall–Kier alpha value is -4.17. The number of rotatable bonds is 10. The van der Waals surface area contributed by atoms with Gasteiger partial charge < -0.3 is 5.73 Å². The van der Waals surface area contributed by atoms with Gasteiger partial charge in [0.25, 0.3) is 0 Å². The van der Waals surface area contributed by atoms with E-state index in [1.807, 2.05) is 22.9 Å². The third-order valence-corrected chi connectivity index (χ3v) is 6.29. The number of unbranched alkanes of at least 4 members (excludes halogenated alkanes) is 2. The van der Waals surface area contributed by atoms with Crippen LogP contribution in [-0.4, -0.2) is 35.4 Å². The van der Waals surface area contributed by atoms with Crippen LogP contribution in [0.25, 0.3) is 33.9 Å². The minimum absolute atomic E-state index is 0.525. The van der Waals surface area contributed by atoms with Crippen molar-refractivity contribution < 1.29 is 0 Å². The van der Waals surface area contributed by atoms with Gasteiger partial charge in [0.15, 0.2) is 17.5 Å². The Morgan fingerprint density at radius 2 is 1.56 bits per heavy atom. The molecule has 0 spiro atoms.